The second kappa shape index (κ2) is 11.2. The molecule has 2 aromatic heterocycles. The lowest BCUT2D eigenvalue weighted by Gasteiger charge is -2.42. The molecule has 3 N–H and O–H groups in total. The number of alkyl halides is 3. The minimum atomic E-state index is -5.02. The van der Waals surface area contributed by atoms with Crippen LogP contribution < -0.4 is 0 Å². The van der Waals surface area contributed by atoms with Crippen LogP contribution in [0.1, 0.15) is 29.4 Å². The van der Waals surface area contributed by atoms with Crippen LogP contribution in [-0.4, -0.2) is 64.8 Å². The minimum absolute atomic E-state index is 0.0380. The highest BCUT2D eigenvalue weighted by atomic mass is 79.9. The fraction of sp³-hybridized carbons (Fsp3) is 0.320. The van der Waals surface area contributed by atoms with E-state index >= 15 is 0 Å². The number of aliphatic hydroxyl groups is 3. The molecule has 1 aliphatic heterocycles. The van der Waals surface area contributed by atoms with E-state index in [4.69, 9.17) is 16.3 Å². The van der Waals surface area contributed by atoms with Crippen LogP contribution in [0.5, 0.6) is 0 Å². The highest BCUT2D eigenvalue weighted by molar-refractivity contribution is 9.10. The van der Waals surface area contributed by atoms with E-state index in [1.807, 2.05) is 0 Å². The Bertz CT molecular complexity index is 1650. The Hall–Kier alpha value is -3.02. The van der Waals surface area contributed by atoms with E-state index in [9.17, 15) is 41.7 Å². The van der Waals surface area contributed by atoms with Crippen molar-refractivity contribution in [1.29, 1.82) is 0 Å². The largest absolute Gasteiger partial charge is 0.418 e. The van der Waals surface area contributed by atoms with Crippen molar-refractivity contribution < 1.29 is 46.4 Å². The summed E-state index contributed by atoms with van der Waals surface area (Å²) in [6, 6.07) is 2.00. The summed E-state index contributed by atoms with van der Waals surface area (Å²) < 4.78 is 91.6. The van der Waals surface area contributed by atoms with Crippen LogP contribution in [0.4, 0.5) is 26.3 Å². The molecular weight excluding hydrogens is 664 g/mol. The van der Waals surface area contributed by atoms with Gasteiger partial charge in [-0.15, -0.1) is 0 Å². The van der Waals surface area contributed by atoms with E-state index in [2.05, 4.69) is 31.1 Å². The standard InChI is InChI=1S/C25H19BrClF6N5O4/c1-9-35-24(38(36-9)16-5-13(26)15(28)4-12(16)25(31,32)33)23-22(41)20(21(40)17(8-39)42-23)37-7-10(6-34-37)11-2-3-14(27)19(30)18(11)29/h2-7,17,20-23,39-41H,8H2,1H3/t17-,20+,21+,22-,23-/m1/s1. The molecule has 4 aromatic rings. The number of hydrogen-bond acceptors (Lipinski definition) is 7. The predicted molar refractivity (Wildman–Crippen MR) is 137 cm³/mol. The van der Waals surface area contributed by atoms with Crippen LogP contribution in [0.3, 0.4) is 0 Å². The maximum Gasteiger partial charge on any atom is 0.418 e. The molecule has 9 nitrogen and oxygen atoms in total. The number of ether oxygens (including phenoxy) is 1. The summed E-state index contributed by atoms with van der Waals surface area (Å²) in [7, 11) is 0. The molecular formula is C25H19BrClF6N5O4. The predicted octanol–water partition coefficient (Wildman–Crippen LogP) is 4.69. The van der Waals surface area contributed by atoms with Gasteiger partial charge >= 0.3 is 6.18 Å². The molecule has 17 heteroatoms. The molecule has 5 rings (SSSR count). The first kappa shape index (κ1) is 30.4. The van der Waals surface area contributed by atoms with Crippen molar-refractivity contribution in [1.82, 2.24) is 24.5 Å². The third-order valence-electron chi connectivity index (χ3n) is 6.71. The van der Waals surface area contributed by atoms with Crippen LogP contribution in [0.15, 0.2) is 41.1 Å². The number of aromatic nitrogens is 5. The first-order valence-corrected chi connectivity index (χ1v) is 13.2. The number of aryl methyl sites for hydroxylation is 1. The molecule has 1 aliphatic rings. The van der Waals surface area contributed by atoms with Crippen molar-refractivity contribution in [2.24, 2.45) is 0 Å². The number of benzene rings is 2. The lowest BCUT2D eigenvalue weighted by molar-refractivity contribution is -0.210. The van der Waals surface area contributed by atoms with Gasteiger partial charge in [-0.1, -0.05) is 11.6 Å². The van der Waals surface area contributed by atoms with Gasteiger partial charge in [0.2, 0.25) is 0 Å². The molecule has 3 heterocycles. The summed E-state index contributed by atoms with van der Waals surface area (Å²) in [5, 5.41) is 39.9. The molecule has 0 aliphatic carbocycles. The summed E-state index contributed by atoms with van der Waals surface area (Å²) >= 11 is 8.49. The maximum absolute atomic E-state index is 14.6. The number of nitrogens with zero attached hydrogens (tertiary/aromatic N) is 5. The van der Waals surface area contributed by atoms with E-state index in [1.165, 1.54) is 19.2 Å². The lowest BCUT2D eigenvalue weighted by Crippen LogP contribution is -2.53. The van der Waals surface area contributed by atoms with E-state index in [0.29, 0.717) is 0 Å². The molecule has 0 radical (unpaired) electrons. The molecule has 2 aromatic carbocycles. The van der Waals surface area contributed by atoms with Gasteiger partial charge in [0.05, 0.1) is 33.5 Å². The fourth-order valence-electron chi connectivity index (χ4n) is 4.75. The highest BCUT2D eigenvalue weighted by Crippen LogP contribution is 2.41. The van der Waals surface area contributed by atoms with Crippen molar-refractivity contribution in [3.63, 3.8) is 0 Å². The number of aliphatic hydroxyl groups excluding tert-OH is 3. The first-order chi connectivity index (χ1) is 19.7. The summed E-state index contributed by atoms with van der Waals surface area (Å²) in [5.41, 5.74) is -2.24. The fourth-order valence-corrected chi connectivity index (χ4v) is 5.23. The van der Waals surface area contributed by atoms with Crippen LogP contribution in [0.2, 0.25) is 5.02 Å². The molecule has 42 heavy (non-hydrogen) atoms. The molecule has 5 atom stereocenters. The molecule has 1 fully saturated rings. The monoisotopic (exact) mass is 681 g/mol. The van der Waals surface area contributed by atoms with Crippen molar-refractivity contribution >= 4 is 27.5 Å². The quantitative estimate of drug-likeness (QED) is 0.207. The Morgan fingerprint density at radius 2 is 1.81 bits per heavy atom. The molecule has 0 saturated carbocycles. The Morgan fingerprint density at radius 1 is 1.10 bits per heavy atom. The van der Waals surface area contributed by atoms with Crippen LogP contribution in [0, 0.1) is 24.4 Å². The third-order valence-corrected chi connectivity index (χ3v) is 7.61. The molecule has 0 unspecified atom stereocenters. The van der Waals surface area contributed by atoms with Crippen molar-refractivity contribution in [3.05, 3.63) is 80.8 Å². The normalized spacial score (nSPS) is 23.0. The van der Waals surface area contributed by atoms with E-state index in [0.717, 1.165) is 27.7 Å². The van der Waals surface area contributed by atoms with Gasteiger partial charge in [-0.05, 0) is 47.1 Å². The van der Waals surface area contributed by atoms with Gasteiger partial charge in [0.15, 0.2) is 17.5 Å². The van der Waals surface area contributed by atoms with Crippen molar-refractivity contribution in [2.75, 3.05) is 6.61 Å². The molecule has 224 valence electrons. The van der Waals surface area contributed by atoms with E-state index < -0.39 is 77.0 Å². The number of rotatable bonds is 5. The Balaban J connectivity index is 1.60. The Labute approximate surface area is 246 Å². The highest BCUT2D eigenvalue weighted by Gasteiger charge is 2.48. The molecule has 0 bridgehead atoms. The number of halogens is 8. The second-order valence-corrected chi connectivity index (χ2v) is 10.7. The third kappa shape index (κ3) is 5.31. The van der Waals surface area contributed by atoms with Gasteiger partial charge in [0.25, 0.3) is 0 Å². The molecule has 0 spiro atoms. The summed E-state index contributed by atoms with van der Waals surface area (Å²) in [6.45, 7) is 0.561. The zero-order valence-electron chi connectivity index (χ0n) is 21.1. The minimum Gasteiger partial charge on any atom is -0.394 e. The Kier molecular flexibility index (Phi) is 8.15. The van der Waals surface area contributed by atoms with Crippen LogP contribution in [-0.2, 0) is 10.9 Å². The van der Waals surface area contributed by atoms with Gasteiger partial charge < -0.3 is 20.1 Å². The second-order valence-electron chi connectivity index (χ2n) is 9.39. The van der Waals surface area contributed by atoms with Gasteiger partial charge in [-0.2, -0.15) is 23.4 Å². The van der Waals surface area contributed by atoms with E-state index in [1.54, 1.807) is 0 Å². The molecule has 1 saturated heterocycles. The summed E-state index contributed by atoms with van der Waals surface area (Å²) in [4.78, 5) is 4.13. The van der Waals surface area contributed by atoms with Gasteiger partial charge in [0.1, 0.15) is 42.1 Å². The maximum atomic E-state index is 14.6. The van der Waals surface area contributed by atoms with Crippen LogP contribution in [0.25, 0.3) is 16.8 Å². The first-order valence-electron chi connectivity index (χ1n) is 12.0. The summed E-state index contributed by atoms with van der Waals surface area (Å²) in [6.07, 6.45) is -9.15. The number of hydrogen-bond donors (Lipinski definition) is 3. The van der Waals surface area contributed by atoms with Gasteiger partial charge in [-0.3, -0.25) is 4.68 Å². The Morgan fingerprint density at radius 3 is 2.48 bits per heavy atom. The lowest BCUT2D eigenvalue weighted by atomic mass is 9.92. The smallest absolute Gasteiger partial charge is 0.394 e. The SMILES string of the molecule is Cc1nc([C@@H]2O[C@H](CO)[C@H](O)[C@H](n3cc(-c4ccc(Cl)c(F)c4F)cn3)[C@H]2O)n(-c2cc(Br)c(F)cc2C(F)(F)F)n1. The average Bonchev–Trinajstić information content (AvgIpc) is 3.55. The van der Waals surface area contributed by atoms with Crippen molar-refractivity contribution in [3.8, 4) is 16.8 Å². The topological polar surface area (TPSA) is 118 Å². The average molecular weight is 683 g/mol. The van der Waals surface area contributed by atoms with E-state index in [-0.39, 0.29) is 33.3 Å². The van der Waals surface area contributed by atoms with Crippen molar-refractivity contribution in [2.45, 2.75) is 43.6 Å². The van der Waals surface area contributed by atoms with Gasteiger partial charge in [0, 0.05) is 17.3 Å². The van der Waals surface area contributed by atoms with Crippen LogP contribution >= 0.6 is 27.5 Å². The van der Waals surface area contributed by atoms with Gasteiger partial charge in [-0.25, -0.2) is 22.8 Å². The summed E-state index contributed by atoms with van der Waals surface area (Å²) in [5.74, 6) is -4.16. The zero-order chi connectivity index (χ0) is 30.7. The molecule has 0 amide bonds. The zero-order valence-corrected chi connectivity index (χ0v) is 23.4.